The van der Waals surface area contributed by atoms with Crippen LogP contribution in [0.1, 0.15) is 166 Å². The van der Waals surface area contributed by atoms with Crippen molar-refractivity contribution in [2.24, 2.45) is 0 Å². The van der Waals surface area contributed by atoms with Crippen molar-refractivity contribution in [1.82, 2.24) is 0 Å². The standard InChI is InChI=1S/C37H86Si7/c1-30(2,3)38(25,31(4,5)6)42-29-43(42,39(26,32(7,8)9)33(10,11)12)44(42,40(27,34(13,14)15)35(16,17)18)41(28,36(19,20)21)37(22,23)24/h29H2,1-28H3/t42-,43+. The predicted molar refractivity (Wildman–Crippen MR) is 226 cm³/mol. The summed E-state index contributed by atoms with van der Waals surface area (Å²) in [6.45, 7) is 76.3. The van der Waals surface area contributed by atoms with E-state index in [-0.39, 0.29) is 0 Å². The SMILES string of the molecule is CC(C)(C)[Si](C)(C(C)(C)C)[Si]1([Si](C)(C(C)(C)C)C(C)(C)C)[Si@@]2([Si](C)(C(C)(C)C)C(C)(C)C)C[Si@@]12[Si](C)(C(C)(C)C)C(C)(C)C. The molecule has 0 aliphatic carbocycles. The van der Waals surface area contributed by atoms with Crippen LogP contribution >= 0.6 is 0 Å². The van der Waals surface area contributed by atoms with Crippen LogP contribution in [0.2, 0.25) is 72.2 Å². The number of rotatable bonds is 4. The largest absolute Gasteiger partial charge is 0.0736 e. The Morgan fingerprint density at radius 3 is 0.523 bits per heavy atom. The Kier molecular flexibility index (Phi) is 9.33. The van der Waals surface area contributed by atoms with Gasteiger partial charge in [-0.15, -0.1) is 0 Å². The van der Waals surface area contributed by atoms with E-state index >= 15 is 0 Å². The lowest BCUT2D eigenvalue weighted by atomic mass is 10.2. The Morgan fingerprint density at radius 1 is 0.273 bits per heavy atom. The Bertz CT molecular complexity index is 980. The van der Waals surface area contributed by atoms with Gasteiger partial charge in [-0.2, -0.15) is 0 Å². The van der Waals surface area contributed by atoms with E-state index in [0.29, 0.717) is 40.3 Å². The van der Waals surface area contributed by atoms with E-state index < -0.39 is 49.8 Å². The van der Waals surface area contributed by atoms with Crippen LogP contribution in [0.25, 0.3) is 0 Å². The highest BCUT2D eigenvalue weighted by Crippen LogP contribution is 2.93. The molecule has 2 fully saturated rings. The quantitative estimate of drug-likeness (QED) is 0.253. The first-order valence-corrected chi connectivity index (χ1v) is 41.9. The van der Waals surface area contributed by atoms with Crippen molar-refractivity contribution in [2.45, 2.75) is 238 Å². The van der Waals surface area contributed by atoms with E-state index in [9.17, 15) is 0 Å². The summed E-state index contributed by atoms with van der Waals surface area (Å²) in [5.74, 6) is 0. The molecule has 2 heterocycles. The maximum absolute atomic E-state index is 3.15. The van der Waals surface area contributed by atoms with Crippen molar-refractivity contribution < 1.29 is 0 Å². The molecule has 7 heteroatoms. The lowest BCUT2D eigenvalue weighted by molar-refractivity contribution is 0.623. The van der Waals surface area contributed by atoms with Crippen molar-refractivity contribution in [3.8, 4) is 0 Å². The van der Waals surface area contributed by atoms with E-state index in [4.69, 9.17) is 0 Å². The Labute approximate surface area is 286 Å². The summed E-state index contributed by atoms with van der Waals surface area (Å²) in [6.07, 6.45) is -1.84. The van der Waals surface area contributed by atoms with Crippen LogP contribution in [-0.2, 0) is 0 Å². The summed E-state index contributed by atoms with van der Waals surface area (Å²) in [5, 5.41) is 3.48. The van der Waals surface area contributed by atoms with E-state index in [0.717, 1.165) is 0 Å². The molecular weight excluding hydrogens is 641 g/mol. The van der Waals surface area contributed by atoms with Gasteiger partial charge in [0.15, 0.2) is 0 Å². The zero-order chi connectivity index (χ0) is 36.2. The minimum atomic E-state index is -1.92. The highest BCUT2D eigenvalue weighted by atomic mass is 30.7. The summed E-state index contributed by atoms with van der Waals surface area (Å²) in [4.78, 5) is 0. The van der Waals surface area contributed by atoms with Crippen molar-refractivity contribution in [2.75, 3.05) is 0 Å². The molecule has 0 radical (unpaired) electrons. The van der Waals surface area contributed by atoms with E-state index in [1.807, 2.05) is 5.67 Å². The maximum atomic E-state index is 3.15. The number of hydrogen-bond acceptors (Lipinski definition) is 0. The first-order valence-electron chi connectivity index (χ1n) is 18.5. The van der Waals surface area contributed by atoms with Crippen LogP contribution in [-0.4, -0.2) is 49.8 Å². The van der Waals surface area contributed by atoms with E-state index in [2.05, 4.69) is 192 Å². The van der Waals surface area contributed by atoms with Gasteiger partial charge >= 0.3 is 0 Å². The van der Waals surface area contributed by atoms with Crippen LogP contribution in [0.5, 0.6) is 0 Å². The molecule has 0 saturated carbocycles. The lowest BCUT2D eigenvalue weighted by Crippen LogP contribution is -2.91. The second kappa shape index (κ2) is 9.85. The summed E-state index contributed by atoms with van der Waals surface area (Å²) in [7, 11) is -7.47. The van der Waals surface area contributed by atoms with Gasteiger partial charge < -0.3 is 0 Å². The topological polar surface area (TPSA) is 0 Å². The van der Waals surface area contributed by atoms with E-state index in [1.165, 1.54) is 0 Å². The normalized spacial score (nSPS) is 26.5. The van der Waals surface area contributed by atoms with Gasteiger partial charge in [-0.05, 0) is 40.3 Å². The molecule has 0 unspecified atom stereocenters. The molecular formula is C37H86Si7. The minimum absolute atomic E-state index is 0.422. The zero-order valence-electron chi connectivity index (χ0n) is 36.2. The summed E-state index contributed by atoms with van der Waals surface area (Å²) >= 11 is 0. The van der Waals surface area contributed by atoms with Crippen molar-refractivity contribution >= 4 is 49.8 Å². The molecule has 262 valence electrons. The van der Waals surface area contributed by atoms with Crippen LogP contribution < -0.4 is 0 Å². The smallest absolute Gasteiger partial charge is 0.0488 e. The number of fused-ring (bicyclic) bond motifs is 1. The third kappa shape index (κ3) is 4.10. The fourth-order valence-corrected chi connectivity index (χ4v) is 497. The van der Waals surface area contributed by atoms with Gasteiger partial charge in [-0.25, -0.2) is 0 Å². The second-order valence-corrected chi connectivity index (χ2v) is 107. The molecule has 0 spiro atoms. The van der Waals surface area contributed by atoms with Crippen LogP contribution in [0.3, 0.4) is 0 Å². The summed E-state index contributed by atoms with van der Waals surface area (Å²) < 4.78 is 0. The molecule has 2 aliphatic rings. The molecule has 0 nitrogen and oxygen atoms in total. The molecule has 2 aliphatic heterocycles. The molecule has 0 aromatic heterocycles. The molecule has 2 rings (SSSR count). The average Bonchev–Trinajstić information content (AvgIpc) is 3.52. The lowest BCUT2D eigenvalue weighted by Gasteiger charge is -2.72. The Hall–Kier alpha value is 1.52. The van der Waals surface area contributed by atoms with Crippen molar-refractivity contribution in [3.63, 3.8) is 0 Å². The molecule has 2 atom stereocenters. The zero-order valence-corrected chi connectivity index (χ0v) is 43.2. The highest BCUT2D eigenvalue weighted by molar-refractivity contribution is 8.57. The van der Waals surface area contributed by atoms with Gasteiger partial charge in [0.1, 0.15) is 0 Å². The monoisotopic (exact) mass is 727 g/mol. The molecule has 44 heavy (non-hydrogen) atoms. The summed E-state index contributed by atoms with van der Waals surface area (Å²) in [6, 6.07) is 0. The average molecular weight is 728 g/mol. The first-order chi connectivity index (χ1) is 18.5. The fourth-order valence-electron chi connectivity index (χ4n) is 14.7. The molecule has 0 N–H and O–H groups in total. The van der Waals surface area contributed by atoms with Crippen molar-refractivity contribution in [3.05, 3.63) is 0 Å². The first kappa shape index (κ1) is 41.7. The van der Waals surface area contributed by atoms with Crippen molar-refractivity contribution in [1.29, 1.82) is 0 Å². The van der Waals surface area contributed by atoms with E-state index in [1.54, 1.807) is 0 Å². The molecule has 2 saturated heterocycles. The van der Waals surface area contributed by atoms with Gasteiger partial charge in [0, 0.05) is 49.8 Å². The second-order valence-electron chi connectivity index (χ2n) is 25.2. The van der Waals surface area contributed by atoms with Gasteiger partial charge in [0.2, 0.25) is 0 Å². The van der Waals surface area contributed by atoms with Crippen LogP contribution in [0, 0.1) is 0 Å². The minimum Gasteiger partial charge on any atom is -0.0736 e. The van der Waals surface area contributed by atoms with Gasteiger partial charge in [0.25, 0.3) is 0 Å². The Morgan fingerprint density at radius 2 is 0.409 bits per heavy atom. The third-order valence-electron chi connectivity index (χ3n) is 17.6. The highest BCUT2D eigenvalue weighted by Gasteiger charge is 3.16. The molecule has 0 aromatic rings. The maximum Gasteiger partial charge on any atom is 0.0488 e. The third-order valence-corrected chi connectivity index (χ3v) is 232. The number of hydrogen-bond donors (Lipinski definition) is 0. The molecule has 0 aromatic carbocycles. The van der Waals surface area contributed by atoms with Gasteiger partial charge in [-0.1, -0.05) is 198 Å². The van der Waals surface area contributed by atoms with Gasteiger partial charge in [-0.3, -0.25) is 0 Å². The van der Waals surface area contributed by atoms with Gasteiger partial charge in [0.05, 0.1) is 0 Å². The van der Waals surface area contributed by atoms with Crippen LogP contribution in [0.15, 0.2) is 0 Å². The molecule has 0 amide bonds. The summed E-state index contributed by atoms with van der Waals surface area (Å²) in [5.41, 5.74) is 1.87. The Balaban J connectivity index is 3.76. The van der Waals surface area contributed by atoms with Crippen LogP contribution in [0.4, 0.5) is 0 Å². The molecule has 0 bridgehead atoms. The fraction of sp³-hybridized carbons (Fsp3) is 1.00. The predicted octanol–water partition coefficient (Wildman–Crippen LogP) is 14.2.